The Kier molecular flexibility index (Phi) is 22.8. The number of alkyl halides is 6. The third kappa shape index (κ3) is 18.7. The number of carbonyl (C=O) groups excluding carboxylic acids is 4. The van der Waals surface area contributed by atoms with Gasteiger partial charge in [0.1, 0.15) is 0 Å². The van der Waals surface area contributed by atoms with E-state index in [9.17, 15) is 50.3 Å². The number of nitrogens with one attached hydrogen (secondary N) is 1. The SMILES string of the molecule is Nc1ccc(-n2nc(-c3cccnc3)cc2C(F)(F)F)nc1.O=C(Cl)C(=O)Cl.O=C(Cl)C1CCOCC1.O=C(Nc1ccc(-n2nc(-c3cccnc3)cc2C(F)(F)F)nc1)C1CCOCC1.O=C(O)C1CCOCC1. The molecule has 28 heteroatoms. The van der Waals surface area contributed by atoms with E-state index in [1.165, 1.54) is 61.4 Å². The molecule has 76 heavy (non-hydrogen) atoms. The van der Waals surface area contributed by atoms with Gasteiger partial charge in [-0.15, -0.1) is 0 Å². The summed E-state index contributed by atoms with van der Waals surface area (Å²) in [7, 11) is 0. The van der Waals surface area contributed by atoms with Gasteiger partial charge in [-0.05, 0) is 134 Å². The van der Waals surface area contributed by atoms with Crippen molar-refractivity contribution in [3.63, 3.8) is 0 Å². The highest BCUT2D eigenvalue weighted by Crippen LogP contribution is 2.35. The van der Waals surface area contributed by atoms with Gasteiger partial charge in [0.05, 0.1) is 41.1 Å². The number of rotatable bonds is 9. The van der Waals surface area contributed by atoms with E-state index in [1.807, 2.05) is 0 Å². The van der Waals surface area contributed by atoms with E-state index in [2.05, 4.69) is 58.7 Å². The number of hydrogen-bond acceptors (Lipinski definition) is 15. The van der Waals surface area contributed by atoms with Crippen molar-refractivity contribution in [2.24, 2.45) is 17.8 Å². The van der Waals surface area contributed by atoms with Gasteiger partial charge in [-0.2, -0.15) is 36.5 Å². The lowest BCUT2D eigenvalue weighted by Crippen LogP contribution is -2.28. The first kappa shape index (κ1) is 60.0. The number of pyridine rings is 4. The van der Waals surface area contributed by atoms with Crippen LogP contribution >= 0.6 is 34.8 Å². The van der Waals surface area contributed by atoms with Crippen molar-refractivity contribution in [1.82, 2.24) is 39.5 Å². The summed E-state index contributed by atoms with van der Waals surface area (Å²) in [6.07, 6.45) is 3.58. The number of nitrogens with zero attached hydrogens (tertiary/aromatic N) is 8. The van der Waals surface area contributed by atoms with E-state index in [0.29, 0.717) is 87.8 Å². The second kappa shape index (κ2) is 28.8. The van der Waals surface area contributed by atoms with Crippen molar-refractivity contribution in [2.45, 2.75) is 50.9 Å². The number of nitrogen functional groups attached to an aromatic ring is 1. The minimum atomic E-state index is -4.62. The molecule has 0 radical (unpaired) electrons. The van der Waals surface area contributed by atoms with Crippen LogP contribution in [0.5, 0.6) is 0 Å². The Bertz CT molecular complexity index is 2790. The number of ether oxygens (including phenoxy) is 3. The van der Waals surface area contributed by atoms with Crippen LogP contribution < -0.4 is 11.1 Å². The topological polar surface area (TPSA) is 259 Å². The highest BCUT2D eigenvalue weighted by Gasteiger charge is 2.38. The Morgan fingerprint density at radius 1 is 0.592 bits per heavy atom. The number of nitrogens with two attached hydrogens (primary N) is 1. The fourth-order valence-electron chi connectivity index (χ4n) is 7.01. The monoisotopic (exact) mass is 1130 g/mol. The van der Waals surface area contributed by atoms with Gasteiger partial charge in [0.25, 0.3) is 0 Å². The highest BCUT2D eigenvalue weighted by atomic mass is 35.5. The van der Waals surface area contributed by atoms with E-state index >= 15 is 0 Å². The van der Waals surface area contributed by atoms with Crippen molar-refractivity contribution in [1.29, 1.82) is 0 Å². The number of aliphatic carboxylic acids is 1. The number of amides is 1. The molecule has 0 aliphatic carbocycles. The van der Waals surface area contributed by atoms with E-state index in [-0.39, 0.29) is 51.9 Å². The summed E-state index contributed by atoms with van der Waals surface area (Å²) in [6.45, 7) is 3.66. The third-order valence-corrected chi connectivity index (χ3v) is 11.7. The summed E-state index contributed by atoms with van der Waals surface area (Å²) in [5, 5.41) is 16.8. The van der Waals surface area contributed by atoms with Gasteiger partial charge in [0.15, 0.2) is 23.0 Å². The average molecular weight is 1130 g/mol. The molecule has 6 aromatic rings. The summed E-state index contributed by atoms with van der Waals surface area (Å²) >= 11 is 14.2. The Balaban J connectivity index is 0.000000200. The maximum absolute atomic E-state index is 13.5. The van der Waals surface area contributed by atoms with Crippen molar-refractivity contribution in [3.05, 3.63) is 109 Å². The second-order valence-corrected chi connectivity index (χ2v) is 17.4. The average Bonchev–Trinajstić information content (AvgIpc) is 4.09. The molecule has 0 atom stereocenters. The largest absolute Gasteiger partial charge is 0.481 e. The first-order chi connectivity index (χ1) is 36.1. The van der Waals surface area contributed by atoms with Crippen LogP contribution in [0, 0.1) is 17.8 Å². The van der Waals surface area contributed by atoms with Gasteiger partial charge in [0.2, 0.25) is 11.1 Å². The van der Waals surface area contributed by atoms with Crippen LogP contribution in [-0.2, 0) is 50.5 Å². The molecule has 3 saturated heterocycles. The molecule has 19 nitrogen and oxygen atoms in total. The molecule has 0 saturated carbocycles. The molecule has 3 aliphatic heterocycles. The molecule has 3 aliphatic rings. The molecular weight excluding hydrogens is 1080 g/mol. The molecule has 406 valence electrons. The number of anilines is 2. The third-order valence-electron chi connectivity index (χ3n) is 11.0. The first-order valence-electron chi connectivity index (χ1n) is 22.8. The smallest absolute Gasteiger partial charge is 0.433 e. The van der Waals surface area contributed by atoms with Crippen LogP contribution in [0.2, 0.25) is 0 Å². The van der Waals surface area contributed by atoms with Gasteiger partial charge in [-0.25, -0.2) is 19.3 Å². The summed E-state index contributed by atoms with van der Waals surface area (Å²) in [5.74, 6) is -1.05. The molecule has 6 aromatic heterocycles. The zero-order valence-corrected chi connectivity index (χ0v) is 42.0. The predicted molar refractivity (Wildman–Crippen MR) is 263 cm³/mol. The summed E-state index contributed by atoms with van der Waals surface area (Å²) < 4.78 is 97.0. The second-order valence-electron chi connectivity index (χ2n) is 16.3. The van der Waals surface area contributed by atoms with E-state index in [1.54, 1.807) is 24.3 Å². The van der Waals surface area contributed by atoms with Gasteiger partial charge >= 0.3 is 28.8 Å². The minimum absolute atomic E-state index is 0.0125. The molecule has 0 aromatic carbocycles. The summed E-state index contributed by atoms with van der Waals surface area (Å²) in [4.78, 5) is 67.7. The van der Waals surface area contributed by atoms with Gasteiger partial charge in [0, 0.05) is 87.4 Å². The van der Waals surface area contributed by atoms with Crippen molar-refractivity contribution >= 4 is 73.8 Å². The summed E-state index contributed by atoms with van der Waals surface area (Å²) in [5.41, 5.74) is 5.65. The molecule has 9 heterocycles. The normalized spacial score (nSPS) is 15.1. The maximum atomic E-state index is 13.5. The molecule has 3 fully saturated rings. The number of carboxylic acids is 1. The standard InChI is InChI=1S/C20H18F3N5O2.C14H10F3N5.C6H9ClO2.C6H10O3.C2Cl2O2/c21-20(22,23)17-10-16(14-2-1-7-24-11-14)27-28(17)18-4-3-15(12-25-18)26-19(29)13-5-8-30-9-6-13;15-14(16,17)12-6-11(9-2-1-5-19-7-9)21-22(12)13-4-3-10(18)8-20-13;2*7-6(8)5-1-3-9-4-2-5;3-1(5)2(4)6/h1-4,7,10-13H,5-6,8-9H2,(H,26,29);1-8H,18H2;5H,1-4H2;5H,1-4H2,(H,7,8);. The zero-order chi connectivity index (χ0) is 55.4. The molecule has 0 bridgehead atoms. The number of hydrogen-bond donors (Lipinski definition) is 3. The van der Waals surface area contributed by atoms with E-state index < -0.39 is 40.2 Å². The Hall–Kier alpha value is -6.90. The van der Waals surface area contributed by atoms with Crippen molar-refractivity contribution in [2.75, 3.05) is 50.7 Å². The van der Waals surface area contributed by atoms with Crippen molar-refractivity contribution < 1.29 is 69.6 Å². The van der Waals surface area contributed by atoms with E-state index in [0.717, 1.165) is 34.3 Å². The lowest BCUT2D eigenvalue weighted by Gasteiger charge is -2.21. The zero-order valence-electron chi connectivity index (χ0n) is 39.7. The van der Waals surface area contributed by atoms with E-state index in [4.69, 9.17) is 36.7 Å². The first-order valence-corrected chi connectivity index (χ1v) is 23.9. The quantitative estimate of drug-likeness (QED) is 0.0694. The lowest BCUT2D eigenvalue weighted by molar-refractivity contribution is -0.145. The Labute approximate surface area is 444 Å². The van der Waals surface area contributed by atoms with Crippen LogP contribution in [0.25, 0.3) is 34.2 Å². The maximum Gasteiger partial charge on any atom is 0.433 e. The number of carboxylic acid groups (broad SMARTS) is 1. The van der Waals surface area contributed by atoms with Crippen LogP contribution in [-0.4, -0.2) is 112 Å². The van der Waals surface area contributed by atoms with Crippen molar-refractivity contribution in [3.8, 4) is 34.2 Å². The molecule has 9 rings (SSSR count). The fraction of sp³-hybridized carbons (Fsp3) is 0.354. The Morgan fingerprint density at radius 3 is 1.33 bits per heavy atom. The fourth-order valence-corrected chi connectivity index (χ4v) is 7.23. The molecule has 1 amide bonds. The number of aromatic nitrogens is 8. The number of carbonyl (C=O) groups is 5. The van der Waals surface area contributed by atoms with Crippen LogP contribution in [0.1, 0.15) is 49.9 Å². The van der Waals surface area contributed by atoms with Crippen LogP contribution in [0.15, 0.2) is 97.8 Å². The molecule has 0 unspecified atom stereocenters. The predicted octanol–water partition coefficient (Wildman–Crippen LogP) is 8.84. The van der Waals surface area contributed by atoms with Gasteiger partial charge < -0.3 is 30.4 Å². The lowest BCUT2D eigenvalue weighted by atomic mass is 9.99. The highest BCUT2D eigenvalue weighted by molar-refractivity contribution is 6.97. The Morgan fingerprint density at radius 2 is 1.01 bits per heavy atom. The minimum Gasteiger partial charge on any atom is -0.481 e. The molecule has 0 spiro atoms. The van der Waals surface area contributed by atoms with Gasteiger partial charge in [-0.3, -0.25) is 33.9 Å². The van der Waals surface area contributed by atoms with Crippen LogP contribution in [0.4, 0.5) is 37.7 Å². The van der Waals surface area contributed by atoms with Gasteiger partial charge in [-0.1, -0.05) is 0 Å². The summed E-state index contributed by atoms with van der Waals surface area (Å²) in [6, 6.07) is 14.2. The van der Waals surface area contributed by atoms with Crippen LogP contribution in [0.3, 0.4) is 0 Å². The number of halogens is 9. The molecular formula is C48H47Cl3F6N10O9. The molecule has 4 N–H and O–H groups in total.